The van der Waals surface area contributed by atoms with E-state index in [0.717, 1.165) is 34.9 Å². The van der Waals surface area contributed by atoms with E-state index in [1.807, 2.05) is 36.4 Å². The van der Waals surface area contributed by atoms with Gasteiger partial charge in [0.1, 0.15) is 23.9 Å². The Morgan fingerprint density at radius 3 is 2.17 bits per heavy atom. The van der Waals surface area contributed by atoms with Gasteiger partial charge in [-0.15, -0.1) is 0 Å². The van der Waals surface area contributed by atoms with Crippen LogP contribution in [0.25, 0.3) is 11.0 Å². The van der Waals surface area contributed by atoms with Crippen molar-refractivity contribution in [1.82, 2.24) is 9.55 Å². The third-order valence-corrected chi connectivity index (χ3v) is 5.32. The van der Waals surface area contributed by atoms with Crippen molar-refractivity contribution in [3.8, 4) is 11.5 Å². The maximum Gasteiger partial charge on any atom is 0.148 e. The molecule has 154 valence electrons. The lowest BCUT2D eigenvalue weighted by Gasteiger charge is -2.19. The minimum Gasteiger partial charge on any atom is -0.497 e. The van der Waals surface area contributed by atoms with Crippen LogP contribution in [0.1, 0.15) is 37.7 Å². The van der Waals surface area contributed by atoms with Crippen LogP contribution >= 0.6 is 0 Å². The van der Waals surface area contributed by atoms with Crippen LogP contribution in [-0.2, 0) is 18.6 Å². The lowest BCUT2D eigenvalue weighted by atomic mass is 9.87. The minimum atomic E-state index is 0.150. The Hall–Kier alpha value is -3.27. The zero-order valence-electron chi connectivity index (χ0n) is 18.1. The maximum atomic E-state index is 6.02. The second kappa shape index (κ2) is 8.23. The van der Waals surface area contributed by atoms with Gasteiger partial charge in [0.25, 0.3) is 0 Å². The maximum absolute atomic E-state index is 6.02. The Kier molecular flexibility index (Phi) is 5.49. The summed E-state index contributed by atoms with van der Waals surface area (Å²) in [5, 5.41) is 0. The van der Waals surface area contributed by atoms with E-state index in [4.69, 9.17) is 14.5 Å². The number of imidazole rings is 1. The summed E-state index contributed by atoms with van der Waals surface area (Å²) in [5.41, 5.74) is 4.84. The predicted molar refractivity (Wildman–Crippen MR) is 121 cm³/mol. The van der Waals surface area contributed by atoms with E-state index in [9.17, 15) is 0 Å². The number of nitrogens with zero attached hydrogens (tertiary/aromatic N) is 2. The highest BCUT2D eigenvalue weighted by Gasteiger charge is 2.15. The molecule has 0 aliphatic heterocycles. The number of hydrogen-bond acceptors (Lipinski definition) is 3. The van der Waals surface area contributed by atoms with E-state index in [0.29, 0.717) is 6.61 Å². The summed E-state index contributed by atoms with van der Waals surface area (Å²) in [5.74, 6) is 2.52. The molecule has 0 amide bonds. The number of rotatable bonds is 6. The number of ether oxygens (including phenoxy) is 2. The molecule has 0 atom stereocenters. The Balaban J connectivity index is 1.59. The molecule has 0 aliphatic rings. The number of aromatic nitrogens is 2. The molecule has 4 nitrogen and oxygen atoms in total. The average Bonchev–Trinajstić information content (AvgIpc) is 3.10. The van der Waals surface area contributed by atoms with Gasteiger partial charge in [-0.3, -0.25) is 0 Å². The summed E-state index contributed by atoms with van der Waals surface area (Å²) in [7, 11) is 1.66. The van der Waals surface area contributed by atoms with Gasteiger partial charge in [-0.05, 0) is 52.9 Å². The fourth-order valence-electron chi connectivity index (χ4n) is 3.52. The zero-order valence-corrected chi connectivity index (χ0v) is 18.1. The number of para-hydroxylation sites is 2. The van der Waals surface area contributed by atoms with Crippen molar-refractivity contribution in [1.29, 1.82) is 0 Å². The number of fused-ring (bicyclic) bond motifs is 1. The molecule has 0 aliphatic carbocycles. The molecule has 4 aromatic rings. The molecule has 0 N–H and O–H groups in total. The van der Waals surface area contributed by atoms with Gasteiger partial charge in [-0.25, -0.2) is 4.98 Å². The second-order valence-corrected chi connectivity index (χ2v) is 8.51. The standard InChI is InChI=1S/C26H28N2O2/c1-26(2,3)20-11-9-19(10-12-20)17-28-24-8-6-5-7-23(24)27-25(28)18-30-22-15-13-21(29-4)14-16-22/h5-16H,17-18H2,1-4H3. The van der Waals surface area contributed by atoms with Crippen LogP contribution in [0.5, 0.6) is 11.5 Å². The molecule has 1 heterocycles. The Labute approximate surface area is 178 Å². The van der Waals surface area contributed by atoms with Crippen molar-refractivity contribution >= 4 is 11.0 Å². The van der Waals surface area contributed by atoms with Crippen LogP contribution in [0, 0.1) is 0 Å². The predicted octanol–water partition coefficient (Wildman–Crippen LogP) is 5.97. The van der Waals surface area contributed by atoms with Crippen LogP contribution in [0.2, 0.25) is 0 Å². The molecule has 0 bridgehead atoms. The van der Waals surface area contributed by atoms with Crippen LogP contribution in [0.3, 0.4) is 0 Å². The highest BCUT2D eigenvalue weighted by molar-refractivity contribution is 5.76. The van der Waals surface area contributed by atoms with Crippen molar-refractivity contribution in [3.05, 3.63) is 89.7 Å². The van der Waals surface area contributed by atoms with Gasteiger partial charge in [0.05, 0.1) is 18.1 Å². The van der Waals surface area contributed by atoms with Crippen LogP contribution in [0.4, 0.5) is 0 Å². The molecule has 0 saturated heterocycles. The van der Waals surface area contributed by atoms with Gasteiger partial charge in [0, 0.05) is 6.54 Å². The number of hydrogen-bond donors (Lipinski definition) is 0. The first-order chi connectivity index (χ1) is 14.4. The Bertz CT molecular complexity index is 1120. The molecule has 4 heteroatoms. The summed E-state index contributed by atoms with van der Waals surface area (Å²) in [4.78, 5) is 4.83. The molecule has 1 aromatic heterocycles. The second-order valence-electron chi connectivity index (χ2n) is 8.51. The first kappa shape index (κ1) is 20.0. The van der Waals surface area contributed by atoms with Gasteiger partial charge in [0.15, 0.2) is 0 Å². The lowest BCUT2D eigenvalue weighted by Crippen LogP contribution is -2.11. The summed E-state index contributed by atoms with van der Waals surface area (Å²) >= 11 is 0. The highest BCUT2D eigenvalue weighted by Crippen LogP contribution is 2.24. The van der Waals surface area contributed by atoms with Crippen molar-refractivity contribution in [2.75, 3.05) is 7.11 Å². The van der Waals surface area contributed by atoms with Gasteiger partial charge in [-0.2, -0.15) is 0 Å². The fourth-order valence-corrected chi connectivity index (χ4v) is 3.52. The summed E-state index contributed by atoms with van der Waals surface area (Å²) in [6, 6.07) is 24.7. The molecule has 0 radical (unpaired) electrons. The normalized spacial score (nSPS) is 11.6. The lowest BCUT2D eigenvalue weighted by molar-refractivity contribution is 0.290. The van der Waals surface area contributed by atoms with Gasteiger partial charge < -0.3 is 14.0 Å². The molecule has 0 spiro atoms. The molecular formula is C26H28N2O2. The van der Waals surface area contributed by atoms with Crippen molar-refractivity contribution in [3.63, 3.8) is 0 Å². The van der Waals surface area contributed by atoms with E-state index in [1.165, 1.54) is 11.1 Å². The fraction of sp³-hybridized carbons (Fsp3) is 0.269. The summed E-state index contributed by atoms with van der Waals surface area (Å²) in [6.07, 6.45) is 0. The minimum absolute atomic E-state index is 0.150. The first-order valence-electron chi connectivity index (χ1n) is 10.2. The quantitative estimate of drug-likeness (QED) is 0.400. The van der Waals surface area contributed by atoms with E-state index >= 15 is 0 Å². The van der Waals surface area contributed by atoms with Crippen LogP contribution in [-0.4, -0.2) is 16.7 Å². The van der Waals surface area contributed by atoms with Crippen LogP contribution in [0.15, 0.2) is 72.8 Å². The molecular weight excluding hydrogens is 372 g/mol. The smallest absolute Gasteiger partial charge is 0.148 e. The third kappa shape index (κ3) is 4.33. The van der Waals surface area contributed by atoms with E-state index < -0.39 is 0 Å². The number of benzene rings is 3. The molecule has 3 aromatic carbocycles. The summed E-state index contributed by atoms with van der Waals surface area (Å²) in [6.45, 7) is 7.87. The molecule has 0 saturated carbocycles. The van der Waals surface area contributed by atoms with E-state index in [2.05, 4.69) is 61.7 Å². The Morgan fingerprint density at radius 2 is 1.50 bits per heavy atom. The topological polar surface area (TPSA) is 36.3 Å². The molecule has 4 rings (SSSR count). The summed E-state index contributed by atoms with van der Waals surface area (Å²) < 4.78 is 13.5. The van der Waals surface area contributed by atoms with E-state index in [-0.39, 0.29) is 5.41 Å². The molecule has 0 unspecified atom stereocenters. The monoisotopic (exact) mass is 400 g/mol. The van der Waals surface area contributed by atoms with Gasteiger partial charge >= 0.3 is 0 Å². The van der Waals surface area contributed by atoms with E-state index in [1.54, 1.807) is 7.11 Å². The third-order valence-electron chi connectivity index (χ3n) is 5.32. The Morgan fingerprint density at radius 1 is 0.833 bits per heavy atom. The van der Waals surface area contributed by atoms with Crippen molar-refractivity contribution in [2.24, 2.45) is 0 Å². The SMILES string of the molecule is COc1ccc(OCc2nc3ccccc3n2Cc2ccc(C(C)(C)C)cc2)cc1. The largest absolute Gasteiger partial charge is 0.497 e. The molecule has 30 heavy (non-hydrogen) atoms. The first-order valence-corrected chi connectivity index (χ1v) is 10.2. The van der Waals surface area contributed by atoms with Gasteiger partial charge in [0.2, 0.25) is 0 Å². The zero-order chi connectivity index (χ0) is 21.1. The van der Waals surface area contributed by atoms with Crippen molar-refractivity contribution in [2.45, 2.75) is 39.3 Å². The molecule has 0 fully saturated rings. The highest BCUT2D eigenvalue weighted by atomic mass is 16.5. The van der Waals surface area contributed by atoms with Crippen molar-refractivity contribution < 1.29 is 9.47 Å². The average molecular weight is 401 g/mol. The van der Waals surface area contributed by atoms with Crippen LogP contribution < -0.4 is 9.47 Å². The van der Waals surface area contributed by atoms with Gasteiger partial charge in [-0.1, -0.05) is 57.2 Å². The number of methoxy groups -OCH3 is 1.